The van der Waals surface area contributed by atoms with Crippen LogP contribution in [-0.4, -0.2) is 45.0 Å². The molecule has 1 aliphatic rings. The van der Waals surface area contributed by atoms with Gasteiger partial charge in [-0.25, -0.2) is 4.79 Å². The first-order chi connectivity index (χ1) is 18.6. The first kappa shape index (κ1) is 27.0. The predicted octanol–water partition coefficient (Wildman–Crippen LogP) is 5.15. The standard InChI is InChI=1S/C26H19N3O9S/c1-16-3-2-4-22(11-16)37-10-9-27-24(30)23(39-26(27)32)12-17-5-7-21(8-6-17)38-25(31)18-13-19(28(33)34)15-20(14-18)29(35)36/h2-8,11-15H,9-10H2,1H3/b23-12-. The first-order valence-corrected chi connectivity index (χ1v) is 12.1. The van der Waals surface area contributed by atoms with E-state index in [4.69, 9.17) is 9.47 Å². The Kier molecular flexibility index (Phi) is 8.01. The number of amides is 2. The van der Waals surface area contributed by atoms with Gasteiger partial charge in [0.1, 0.15) is 18.1 Å². The van der Waals surface area contributed by atoms with Crippen molar-refractivity contribution in [2.45, 2.75) is 6.92 Å². The molecular weight excluding hydrogens is 530 g/mol. The van der Waals surface area contributed by atoms with Crippen LogP contribution in [0, 0.1) is 27.2 Å². The lowest BCUT2D eigenvalue weighted by Gasteiger charge is -2.13. The lowest BCUT2D eigenvalue weighted by Crippen LogP contribution is -2.32. The van der Waals surface area contributed by atoms with E-state index in [9.17, 15) is 34.6 Å². The molecule has 4 rings (SSSR count). The van der Waals surface area contributed by atoms with Crippen LogP contribution in [0.4, 0.5) is 16.2 Å². The molecule has 39 heavy (non-hydrogen) atoms. The molecule has 198 valence electrons. The number of benzene rings is 3. The van der Waals surface area contributed by atoms with Gasteiger partial charge in [-0.3, -0.25) is 34.7 Å². The van der Waals surface area contributed by atoms with Crippen molar-refractivity contribution in [2.24, 2.45) is 0 Å². The van der Waals surface area contributed by atoms with Crippen molar-refractivity contribution in [1.82, 2.24) is 4.90 Å². The second-order valence-corrected chi connectivity index (χ2v) is 9.20. The lowest BCUT2D eigenvalue weighted by atomic mass is 10.1. The average Bonchev–Trinajstić information content (AvgIpc) is 3.16. The Hall–Kier alpha value is -5.04. The van der Waals surface area contributed by atoms with Crippen LogP contribution in [0.5, 0.6) is 11.5 Å². The van der Waals surface area contributed by atoms with Crippen LogP contribution in [-0.2, 0) is 4.79 Å². The van der Waals surface area contributed by atoms with Crippen molar-refractivity contribution in [3.63, 3.8) is 0 Å². The molecule has 0 N–H and O–H groups in total. The second kappa shape index (κ2) is 11.6. The highest BCUT2D eigenvalue weighted by Gasteiger charge is 2.34. The van der Waals surface area contributed by atoms with Gasteiger partial charge in [0.25, 0.3) is 22.5 Å². The van der Waals surface area contributed by atoms with Crippen LogP contribution >= 0.6 is 11.8 Å². The highest BCUT2D eigenvalue weighted by molar-refractivity contribution is 8.18. The summed E-state index contributed by atoms with van der Waals surface area (Å²) in [5.74, 6) is -0.779. The smallest absolute Gasteiger partial charge is 0.344 e. The molecule has 3 aromatic rings. The van der Waals surface area contributed by atoms with Gasteiger partial charge in [0.2, 0.25) is 0 Å². The van der Waals surface area contributed by atoms with Gasteiger partial charge in [0.05, 0.1) is 32.9 Å². The fourth-order valence-electron chi connectivity index (χ4n) is 3.53. The van der Waals surface area contributed by atoms with Crippen LogP contribution < -0.4 is 9.47 Å². The van der Waals surface area contributed by atoms with Crippen LogP contribution in [0.25, 0.3) is 6.08 Å². The van der Waals surface area contributed by atoms with Crippen molar-refractivity contribution >= 4 is 46.3 Å². The van der Waals surface area contributed by atoms with Crippen molar-refractivity contribution in [1.29, 1.82) is 0 Å². The first-order valence-electron chi connectivity index (χ1n) is 11.3. The maximum Gasteiger partial charge on any atom is 0.344 e. The second-order valence-electron chi connectivity index (χ2n) is 8.21. The third kappa shape index (κ3) is 6.64. The molecule has 2 amide bonds. The molecule has 1 heterocycles. The fraction of sp³-hybridized carbons (Fsp3) is 0.115. The molecule has 3 aromatic carbocycles. The lowest BCUT2D eigenvalue weighted by molar-refractivity contribution is -0.394. The Morgan fingerprint density at radius 2 is 1.62 bits per heavy atom. The number of imide groups is 1. The fourth-order valence-corrected chi connectivity index (χ4v) is 4.39. The van der Waals surface area contributed by atoms with Gasteiger partial charge < -0.3 is 9.47 Å². The van der Waals surface area contributed by atoms with Crippen LogP contribution in [0.1, 0.15) is 21.5 Å². The summed E-state index contributed by atoms with van der Waals surface area (Å²) >= 11 is 0.792. The molecule has 13 heteroatoms. The van der Waals surface area contributed by atoms with Crippen LogP contribution in [0.2, 0.25) is 0 Å². The zero-order valence-corrected chi connectivity index (χ0v) is 21.1. The molecular formula is C26H19N3O9S. The normalized spacial score (nSPS) is 14.0. The number of hydrogen-bond donors (Lipinski definition) is 0. The third-order valence-electron chi connectivity index (χ3n) is 5.40. The van der Waals surface area contributed by atoms with Crippen LogP contribution in [0.3, 0.4) is 0 Å². The number of nitro groups is 2. The minimum atomic E-state index is -1.02. The van der Waals surface area contributed by atoms with Gasteiger partial charge >= 0.3 is 5.97 Å². The summed E-state index contributed by atoms with van der Waals surface area (Å²) in [7, 11) is 0. The molecule has 0 spiro atoms. The van der Waals surface area contributed by atoms with Gasteiger partial charge in [-0.2, -0.15) is 0 Å². The van der Waals surface area contributed by atoms with E-state index < -0.39 is 38.3 Å². The number of aryl methyl sites for hydroxylation is 1. The third-order valence-corrected chi connectivity index (χ3v) is 6.30. The maximum atomic E-state index is 12.7. The topological polar surface area (TPSA) is 159 Å². The number of carbonyl (C=O) groups is 3. The van der Waals surface area contributed by atoms with Crippen molar-refractivity contribution in [2.75, 3.05) is 13.2 Å². The summed E-state index contributed by atoms with van der Waals surface area (Å²) < 4.78 is 10.8. The molecule has 0 bridgehead atoms. The molecule has 12 nitrogen and oxygen atoms in total. The highest BCUT2D eigenvalue weighted by Crippen LogP contribution is 2.32. The number of thioether (sulfide) groups is 1. The van der Waals surface area contributed by atoms with Gasteiger partial charge in [0, 0.05) is 12.1 Å². The number of ether oxygens (including phenoxy) is 2. The van der Waals surface area contributed by atoms with Crippen molar-refractivity contribution in [3.8, 4) is 11.5 Å². The Morgan fingerprint density at radius 3 is 2.23 bits per heavy atom. The molecule has 1 aliphatic heterocycles. The van der Waals surface area contributed by atoms with E-state index >= 15 is 0 Å². The number of nitrogens with zero attached hydrogens (tertiary/aromatic N) is 3. The number of nitro benzene ring substituents is 2. The quantitative estimate of drug-likeness (QED) is 0.115. The highest BCUT2D eigenvalue weighted by atomic mass is 32.2. The zero-order valence-electron chi connectivity index (χ0n) is 20.3. The minimum Gasteiger partial charge on any atom is -0.492 e. The molecule has 0 aromatic heterocycles. The number of esters is 1. The van der Waals surface area contributed by atoms with E-state index in [1.807, 2.05) is 25.1 Å². The van der Waals surface area contributed by atoms with Crippen molar-refractivity contribution < 1.29 is 33.7 Å². The Morgan fingerprint density at radius 1 is 0.949 bits per heavy atom. The van der Waals surface area contributed by atoms with Crippen LogP contribution in [0.15, 0.2) is 71.6 Å². The minimum absolute atomic E-state index is 0.0627. The van der Waals surface area contributed by atoms with E-state index in [2.05, 4.69) is 0 Å². The Bertz CT molecular complexity index is 1490. The summed E-state index contributed by atoms with van der Waals surface area (Å²) in [5, 5.41) is 21.7. The number of rotatable bonds is 9. The summed E-state index contributed by atoms with van der Waals surface area (Å²) in [6.45, 7) is 2.15. The molecule has 1 fully saturated rings. The summed E-state index contributed by atoms with van der Waals surface area (Å²) in [6, 6.07) is 15.8. The van der Waals surface area contributed by atoms with Gasteiger partial charge in [0.15, 0.2) is 0 Å². The van der Waals surface area contributed by atoms with Gasteiger partial charge in [-0.15, -0.1) is 0 Å². The molecule has 1 saturated heterocycles. The molecule has 0 radical (unpaired) electrons. The Balaban J connectivity index is 1.39. The van der Waals surface area contributed by atoms with E-state index in [0.717, 1.165) is 40.4 Å². The zero-order chi connectivity index (χ0) is 28.1. The summed E-state index contributed by atoms with van der Waals surface area (Å²) in [5.41, 5.74) is -0.0398. The van der Waals surface area contributed by atoms with E-state index in [1.54, 1.807) is 6.07 Å². The van der Waals surface area contributed by atoms with Crippen molar-refractivity contribution in [3.05, 3.63) is 109 Å². The van der Waals surface area contributed by atoms with E-state index in [0.29, 0.717) is 11.3 Å². The predicted molar refractivity (Wildman–Crippen MR) is 141 cm³/mol. The number of carbonyl (C=O) groups excluding carboxylic acids is 3. The summed E-state index contributed by atoms with van der Waals surface area (Å²) in [4.78, 5) is 59.2. The molecule has 0 atom stereocenters. The SMILES string of the molecule is Cc1cccc(OCCN2C(=O)S/C(=C\c3ccc(OC(=O)c4cc([N+](=O)[O-])cc([N+](=O)[O-])c4)cc3)C2=O)c1. The average molecular weight is 550 g/mol. The number of hydrogen-bond acceptors (Lipinski definition) is 10. The largest absolute Gasteiger partial charge is 0.492 e. The molecule has 0 saturated carbocycles. The monoisotopic (exact) mass is 549 g/mol. The Labute approximate surface area is 225 Å². The van der Waals surface area contributed by atoms with E-state index in [-0.39, 0.29) is 29.4 Å². The summed E-state index contributed by atoms with van der Waals surface area (Å²) in [6.07, 6.45) is 1.52. The molecule has 0 aliphatic carbocycles. The van der Waals surface area contributed by atoms with Gasteiger partial charge in [-0.05, 0) is 60.2 Å². The van der Waals surface area contributed by atoms with E-state index in [1.165, 1.54) is 30.3 Å². The molecule has 0 unspecified atom stereocenters. The van der Waals surface area contributed by atoms with Gasteiger partial charge in [-0.1, -0.05) is 24.3 Å². The maximum absolute atomic E-state index is 12.7. The number of non-ortho nitro benzene ring substituents is 2.